The lowest BCUT2D eigenvalue weighted by atomic mass is 10.1. The number of nitrogens with two attached hydrogens (primary N) is 2. The molecule has 86 valence electrons. The molecule has 0 unspecified atom stereocenters. The van der Waals surface area contributed by atoms with E-state index in [9.17, 15) is 4.79 Å². The number of primary amides is 1. The van der Waals surface area contributed by atoms with Crippen LogP contribution in [0.25, 0.3) is 0 Å². The summed E-state index contributed by atoms with van der Waals surface area (Å²) in [7, 11) is 0. The second kappa shape index (κ2) is 5.40. The van der Waals surface area contributed by atoms with Gasteiger partial charge in [0.25, 0.3) is 0 Å². The largest absolute Gasteiger partial charge is 0.409 e. The van der Waals surface area contributed by atoms with Crippen LogP contribution in [0, 0.1) is 0 Å². The van der Waals surface area contributed by atoms with Crippen LogP contribution in [0.2, 0.25) is 0 Å². The first kappa shape index (κ1) is 11.6. The van der Waals surface area contributed by atoms with Gasteiger partial charge in [-0.2, -0.15) is 0 Å². The average Bonchev–Trinajstić information content (AvgIpc) is 2.20. The van der Waals surface area contributed by atoms with Gasteiger partial charge < -0.3 is 22.0 Å². The molecule has 15 heavy (non-hydrogen) atoms. The highest BCUT2D eigenvalue weighted by Gasteiger charge is 2.20. The fourth-order valence-electron chi connectivity index (χ4n) is 1.70. The van der Waals surface area contributed by atoms with Crippen LogP contribution in [-0.2, 0) is 0 Å². The molecule has 1 aliphatic rings. The molecule has 0 spiro atoms. The number of piperidine rings is 1. The van der Waals surface area contributed by atoms with Crippen LogP contribution in [-0.4, -0.2) is 47.7 Å². The molecule has 7 nitrogen and oxygen atoms in total. The van der Waals surface area contributed by atoms with Gasteiger partial charge in [0.05, 0.1) is 6.54 Å². The van der Waals surface area contributed by atoms with Crippen molar-refractivity contribution >= 4 is 11.9 Å². The molecule has 0 bridgehead atoms. The molecule has 1 aliphatic heterocycles. The Morgan fingerprint density at radius 2 is 2.07 bits per heavy atom. The van der Waals surface area contributed by atoms with E-state index in [2.05, 4.69) is 15.4 Å². The van der Waals surface area contributed by atoms with E-state index in [1.165, 1.54) is 0 Å². The predicted molar refractivity (Wildman–Crippen MR) is 55.6 cm³/mol. The molecule has 0 aliphatic carbocycles. The number of urea groups is 1. The van der Waals surface area contributed by atoms with Gasteiger partial charge in [-0.25, -0.2) is 4.79 Å². The zero-order chi connectivity index (χ0) is 11.3. The minimum Gasteiger partial charge on any atom is -0.409 e. The Balaban J connectivity index is 2.26. The number of rotatable bonds is 3. The number of hydrogen-bond donors (Lipinski definition) is 4. The van der Waals surface area contributed by atoms with Crippen LogP contribution in [0.5, 0.6) is 0 Å². The van der Waals surface area contributed by atoms with Gasteiger partial charge in [0.1, 0.15) is 0 Å². The van der Waals surface area contributed by atoms with Crippen LogP contribution in [0.1, 0.15) is 12.8 Å². The number of nitrogens with zero attached hydrogens (tertiary/aromatic N) is 2. The number of nitrogens with one attached hydrogen (secondary N) is 1. The van der Waals surface area contributed by atoms with Gasteiger partial charge in [-0.15, -0.1) is 0 Å². The second-order valence-electron chi connectivity index (χ2n) is 3.65. The van der Waals surface area contributed by atoms with Crippen LogP contribution in [0.3, 0.4) is 0 Å². The van der Waals surface area contributed by atoms with Crippen LogP contribution < -0.4 is 16.8 Å². The van der Waals surface area contributed by atoms with E-state index < -0.39 is 6.03 Å². The standard InChI is InChI=1S/C8H17N5O2/c9-7(12-15)5-13-3-1-6(2-4-13)11-8(10)14/h6,15H,1-5H2,(H2,9,12)(H3,10,11,14). The Morgan fingerprint density at radius 1 is 1.47 bits per heavy atom. The number of amidine groups is 1. The van der Waals surface area contributed by atoms with Crippen molar-refractivity contribution in [2.45, 2.75) is 18.9 Å². The van der Waals surface area contributed by atoms with Crippen molar-refractivity contribution in [3.05, 3.63) is 0 Å². The number of carbonyl (C=O) groups excluding carboxylic acids is 1. The minimum absolute atomic E-state index is 0.144. The molecule has 7 heteroatoms. The van der Waals surface area contributed by atoms with Gasteiger partial charge in [-0.05, 0) is 12.8 Å². The summed E-state index contributed by atoms with van der Waals surface area (Å²) < 4.78 is 0. The van der Waals surface area contributed by atoms with Crippen LogP contribution >= 0.6 is 0 Å². The summed E-state index contributed by atoms with van der Waals surface area (Å²) in [5, 5.41) is 14.0. The minimum atomic E-state index is -0.482. The normalized spacial score (nSPS) is 20.1. The maximum atomic E-state index is 10.6. The molecular formula is C8H17N5O2. The van der Waals surface area contributed by atoms with E-state index in [0.717, 1.165) is 25.9 Å². The molecule has 0 aromatic rings. The third kappa shape index (κ3) is 4.03. The smallest absolute Gasteiger partial charge is 0.312 e. The molecule has 0 atom stereocenters. The number of carbonyl (C=O) groups is 1. The highest BCUT2D eigenvalue weighted by atomic mass is 16.4. The van der Waals surface area contributed by atoms with E-state index in [1.54, 1.807) is 0 Å². The fraction of sp³-hybridized carbons (Fsp3) is 0.750. The molecule has 1 saturated heterocycles. The third-order valence-electron chi connectivity index (χ3n) is 2.45. The van der Waals surface area contributed by atoms with Gasteiger partial charge in [-0.1, -0.05) is 5.16 Å². The zero-order valence-electron chi connectivity index (χ0n) is 8.52. The zero-order valence-corrected chi connectivity index (χ0v) is 8.52. The highest BCUT2D eigenvalue weighted by molar-refractivity contribution is 5.81. The van der Waals surface area contributed by atoms with Crippen molar-refractivity contribution < 1.29 is 10.0 Å². The SMILES string of the molecule is NC(=O)NC1CCN(CC(N)=NO)CC1. The summed E-state index contributed by atoms with van der Waals surface area (Å²) in [6.45, 7) is 2.07. The summed E-state index contributed by atoms with van der Waals surface area (Å²) in [5.41, 5.74) is 10.4. The summed E-state index contributed by atoms with van der Waals surface area (Å²) in [5.74, 6) is 0.205. The molecule has 1 rings (SSSR count). The Bertz CT molecular complexity index is 247. The summed E-state index contributed by atoms with van der Waals surface area (Å²) in [6.07, 6.45) is 1.67. The first-order chi connectivity index (χ1) is 7.11. The summed E-state index contributed by atoms with van der Waals surface area (Å²) in [4.78, 5) is 12.7. The van der Waals surface area contributed by atoms with E-state index in [4.69, 9.17) is 16.7 Å². The second-order valence-corrected chi connectivity index (χ2v) is 3.65. The number of likely N-dealkylation sites (tertiary alicyclic amines) is 1. The summed E-state index contributed by atoms with van der Waals surface area (Å²) in [6, 6.07) is -0.337. The van der Waals surface area contributed by atoms with E-state index >= 15 is 0 Å². The van der Waals surface area contributed by atoms with Crippen LogP contribution in [0.15, 0.2) is 5.16 Å². The average molecular weight is 215 g/mol. The van der Waals surface area contributed by atoms with Crippen molar-refractivity contribution in [2.24, 2.45) is 16.6 Å². The highest BCUT2D eigenvalue weighted by Crippen LogP contribution is 2.09. The lowest BCUT2D eigenvalue weighted by Crippen LogP contribution is -2.48. The first-order valence-electron chi connectivity index (χ1n) is 4.86. The van der Waals surface area contributed by atoms with Gasteiger partial charge in [0, 0.05) is 19.1 Å². The molecule has 6 N–H and O–H groups in total. The molecule has 0 aromatic carbocycles. The van der Waals surface area contributed by atoms with Crippen LogP contribution in [0.4, 0.5) is 4.79 Å². The number of oxime groups is 1. The monoisotopic (exact) mass is 215 g/mol. The van der Waals surface area contributed by atoms with Gasteiger partial charge >= 0.3 is 6.03 Å². The van der Waals surface area contributed by atoms with E-state index in [-0.39, 0.29) is 11.9 Å². The van der Waals surface area contributed by atoms with E-state index in [1.807, 2.05) is 0 Å². The molecule has 1 heterocycles. The number of amides is 2. The summed E-state index contributed by atoms with van der Waals surface area (Å²) >= 11 is 0. The van der Waals surface area contributed by atoms with Gasteiger partial charge in [0.2, 0.25) is 0 Å². The fourth-order valence-corrected chi connectivity index (χ4v) is 1.70. The van der Waals surface area contributed by atoms with Crippen molar-refractivity contribution in [1.82, 2.24) is 10.2 Å². The predicted octanol–water partition coefficient (Wildman–Crippen LogP) is -1.13. The first-order valence-corrected chi connectivity index (χ1v) is 4.86. The Kier molecular flexibility index (Phi) is 4.17. The Hall–Kier alpha value is -1.50. The maximum Gasteiger partial charge on any atom is 0.312 e. The van der Waals surface area contributed by atoms with Gasteiger partial charge in [0.15, 0.2) is 5.84 Å². The molecule has 0 radical (unpaired) electrons. The molecule has 0 aromatic heterocycles. The molecule has 1 fully saturated rings. The van der Waals surface area contributed by atoms with Crippen molar-refractivity contribution in [3.63, 3.8) is 0 Å². The van der Waals surface area contributed by atoms with Crippen molar-refractivity contribution in [2.75, 3.05) is 19.6 Å². The van der Waals surface area contributed by atoms with E-state index in [0.29, 0.717) is 6.54 Å². The Morgan fingerprint density at radius 3 is 2.53 bits per heavy atom. The maximum absolute atomic E-state index is 10.6. The molecular weight excluding hydrogens is 198 g/mol. The quantitative estimate of drug-likeness (QED) is 0.206. The molecule has 2 amide bonds. The lowest BCUT2D eigenvalue weighted by Gasteiger charge is -2.31. The van der Waals surface area contributed by atoms with Gasteiger partial charge in [-0.3, -0.25) is 4.90 Å². The van der Waals surface area contributed by atoms with Crippen molar-refractivity contribution in [1.29, 1.82) is 0 Å². The van der Waals surface area contributed by atoms with Crippen molar-refractivity contribution in [3.8, 4) is 0 Å². The molecule has 0 saturated carbocycles. The lowest BCUT2D eigenvalue weighted by molar-refractivity contribution is 0.209. The topological polar surface area (TPSA) is 117 Å². The third-order valence-corrected chi connectivity index (χ3v) is 2.45. The Labute approximate surface area is 88.1 Å². The number of hydrogen-bond acceptors (Lipinski definition) is 4.